The molecule has 0 atom stereocenters. The second-order valence-electron chi connectivity index (χ2n) is 2.78. The molecule has 0 aliphatic carbocycles. The van der Waals surface area contributed by atoms with Crippen LogP contribution in [0.15, 0.2) is 6.07 Å². The molecule has 1 aromatic rings. The van der Waals surface area contributed by atoms with Crippen molar-refractivity contribution >= 4 is 5.97 Å². The fraction of sp³-hybridized carbons (Fsp3) is 0.500. The lowest BCUT2D eigenvalue weighted by atomic mass is 10.2. The first kappa shape index (κ1) is 10.6. The van der Waals surface area contributed by atoms with Crippen LogP contribution in [0.4, 0.5) is 8.78 Å². The largest absolute Gasteiger partial charge is 0.461 e. The van der Waals surface area contributed by atoms with Crippen LogP contribution in [0.1, 0.15) is 31.5 Å². The molecule has 0 amide bonds. The molecule has 6 heteroatoms. The lowest BCUT2D eigenvalue weighted by molar-refractivity contribution is 0.0127. The number of carbonyl (C=O) groups excluding carboxylic acids is 1. The van der Waals surface area contributed by atoms with E-state index < -0.39 is 17.6 Å². The van der Waals surface area contributed by atoms with Gasteiger partial charge >= 0.3 is 5.97 Å². The lowest BCUT2D eigenvalue weighted by Crippen LogP contribution is -2.07. The summed E-state index contributed by atoms with van der Waals surface area (Å²) in [6.07, 6.45) is 0. The zero-order valence-corrected chi connectivity index (χ0v) is 7.80. The van der Waals surface area contributed by atoms with Gasteiger partial charge in [-0.1, -0.05) is 0 Å². The van der Waals surface area contributed by atoms with Crippen molar-refractivity contribution in [2.24, 2.45) is 0 Å². The number of H-pyrrole nitrogens is 1. The van der Waals surface area contributed by atoms with E-state index in [2.05, 4.69) is 14.9 Å². The van der Waals surface area contributed by atoms with E-state index in [0.29, 0.717) is 0 Å². The van der Waals surface area contributed by atoms with Gasteiger partial charge in [0.15, 0.2) is 5.69 Å². The van der Waals surface area contributed by atoms with E-state index in [9.17, 15) is 13.6 Å². The van der Waals surface area contributed by atoms with Gasteiger partial charge in [0.25, 0.3) is 5.92 Å². The van der Waals surface area contributed by atoms with Gasteiger partial charge in [-0.2, -0.15) is 13.9 Å². The summed E-state index contributed by atoms with van der Waals surface area (Å²) in [7, 11) is 0. The summed E-state index contributed by atoms with van der Waals surface area (Å²) in [5.41, 5.74) is -0.538. The molecule has 0 fully saturated rings. The van der Waals surface area contributed by atoms with Gasteiger partial charge in [0.2, 0.25) is 0 Å². The number of ether oxygens (including phenoxy) is 1. The molecule has 1 rings (SSSR count). The number of nitrogens with one attached hydrogen (secondary N) is 1. The Labute approximate surface area is 80.7 Å². The minimum Gasteiger partial charge on any atom is -0.461 e. The maximum atomic E-state index is 12.7. The summed E-state index contributed by atoms with van der Waals surface area (Å²) < 4.78 is 30.0. The summed E-state index contributed by atoms with van der Waals surface area (Å²) in [6.45, 7) is 2.53. The van der Waals surface area contributed by atoms with E-state index in [1.165, 1.54) is 0 Å². The summed E-state index contributed by atoms with van der Waals surface area (Å²) in [4.78, 5) is 11.0. The third kappa shape index (κ3) is 2.27. The van der Waals surface area contributed by atoms with Crippen molar-refractivity contribution in [1.29, 1.82) is 0 Å². The van der Waals surface area contributed by atoms with Crippen molar-refractivity contribution < 1.29 is 19.7 Å². The molecule has 0 saturated heterocycles. The molecule has 0 saturated carbocycles. The van der Waals surface area contributed by atoms with E-state index >= 15 is 0 Å². The molecular formula is C8H12F2N2O2. The molecule has 0 aromatic carbocycles. The highest BCUT2D eigenvalue weighted by molar-refractivity contribution is 5.87. The molecule has 0 bridgehead atoms. The van der Waals surface area contributed by atoms with Crippen LogP contribution in [0.25, 0.3) is 0 Å². The Kier molecular flexibility index (Phi) is 2.83. The Morgan fingerprint density at radius 3 is 2.86 bits per heavy atom. The van der Waals surface area contributed by atoms with Crippen LogP contribution in [0.5, 0.6) is 0 Å². The number of esters is 1. The predicted octanol–water partition coefficient (Wildman–Crippen LogP) is 1.94. The average molecular weight is 206 g/mol. The number of rotatable bonds is 3. The molecular weight excluding hydrogens is 194 g/mol. The first-order chi connectivity index (χ1) is 6.45. The van der Waals surface area contributed by atoms with Gasteiger partial charge in [-0.05, 0) is 6.92 Å². The van der Waals surface area contributed by atoms with Gasteiger partial charge in [-0.25, -0.2) is 4.79 Å². The number of hydrogen-bond donors (Lipinski definition) is 1. The predicted molar refractivity (Wildman–Crippen MR) is 46.2 cm³/mol. The quantitative estimate of drug-likeness (QED) is 0.769. The topological polar surface area (TPSA) is 55.0 Å². The number of hydrogen-bond acceptors (Lipinski definition) is 3. The van der Waals surface area contributed by atoms with Crippen LogP contribution >= 0.6 is 0 Å². The Bertz CT molecular complexity index is 336. The van der Waals surface area contributed by atoms with Crippen molar-refractivity contribution in [2.45, 2.75) is 19.8 Å². The molecule has 0 aliphatic rings. The van der Waals surface area contributed by atoms with Crippen molar-refractivity contribution in [3.63, 3.8) is 0 Å². The number of halogens is 2. The highest BCUT2D eigenvalue weighted by Crippen LogP contribution is 2.25. The van der Waals surface area contributed by atoms with Gasteiger partial charge in [-0.3, -0.25) is 5.10 Å². The molecule has 1 aromatic heterocycles. The molecule has 0 unspecified atom stereocenters. The Hall–Kier alpha value is -1.46. The third-order valence-electron chi connectivity index (χ3n) is 1.54. The summed E-state index contributed by atoms with van der Waals surface area (Å²) in [5, 5.41) is 5.51. The van der Waals surface area contributed by atoms with Gasteiger partial charge in [-0.15, -0.1) is 0 Å². The SMILES string of the molecule is CCOC(=O)c1cc(C(C)(F)F)[nH]n1.[HH]. The number of aromatic nitrogens is 2. The average Bonchev–Trinajstić information content (AvgIpc) is 2.51. The summed E-state index contributed by atoms with van der Waals surface area (Å²) >= 11 is 0. The second kappa shape index (κ2) is 3.73. The first-order valence-corrected chi connectivity index (χ1v) is 4.06. The van der Waals surface area contributed by atoms with E-state index in [4.69, 9.17) is 0 Å². The monoisotopic (exact) mass is 206 g/mol. The van der Waals surface area contributed by atoms with E-state index in [0.717, 1.165) is 13.0 Å². The van der Waals surface area contributed by atoms with E-state index in [-0.39, 0.29) is 13.7 Å². The van der Waals surface area contributed by atoms with Gasteiger partial charge in [0.05, 0.1) is 6.61 Å². The molecule has 1 N–H and O–H groups in total. The van der Waals surface area contributed by atoms with E-state index in [1.807, 2.05) is 0 Å². The lowest BCUT2D eigenvalue weighted by Gasteiger charge is -2.04. The molecule has 14 heavy (non-hydrogen) atoms. The standard InChI is InChI=1S/C8H10F2N2O2.H2/c1-3-14-7(13)5-4-6(12-11-5)8(2,9)10;/h4H,3H2,1-2H3,(H,11,12);1H. The third-order valence-corrected chi connectivity index (χ3v) is 1.54. The molecule has 0 aliphatic heterocycles. The van der Waals surface area contributed by atoms with Crippen molar-refractivity contribution in [3.05, 3.63) is 17.5 Å². The number of alkyl halides is 2. The Morgan fingerprint density at radius 1 is 1.79 bits per heavy atom. The summed E-state index contributed by atoms with van der Waals surface area (Å²) in [5.74, 6) is -3.74. The minimum atomic E-state index is -3.03. The van der Waals surface area contributed by atoms with Gasteiger partial charge in [0, 0.05) is 14.4 Å². The fourth-order valence-electron chi connectivity index (χ4n) is 0.856. The number of aromatic amines is 1. The highest BCUT2D eigenvalue weighted by Gasteiger charge is 2.28. The molecule has 0 radical (unpaired) electrons. The highest BCUT2D eigenvalue weighted by atomic mass is 19.3. The van der Waals surface area contributed by atoms with Crippen LogP contribution in [-0.2, 0) is 10.7 Å². The van der Waals surface area contributed by atoms with Crippen LogP contribution in [0.3, 0.4) is 0 Å². The maximum absolute atomic E-state index is 12.7. The second-order valence-corrected chi connectivity index (χ2v) is 2.78. The van der Waals surface area contributed by atoms with E-state index in [1.54, 1.807) is 6.92 Å². The van der Waals surface area contributed by atoms with Gasteiger partial charge in [0.1, 0.15) is 5.69 Å². The maximum Gasteiger partial charge on any atom is 0.358 e. The van der Waals surface area contributed by atoms with Crippen LogP contribution in [0.2, 0.25) is 0 Å². The molecule has 80 valence electrons. The van der Waals surface area contributed by atoms with Crippen LogP contribution < -0.4 is 0 Å². The zero-order chi connectivity index (χ0) is 10.8. The molecule has 4 nitrogen and oxygen atoms in total. The van der Waals surface area contributed by atoms with Crippen LogP contribution in [0, 0.1) is 0 Å². The summed E-state index contributed by atoms with van der Waals surface area (Å²) in [6, 6.07) is 0.984. The van der Waals surface area contributed by atoms with Crippen molar-refractivity contribution in [2.75, 3.05) is 6.61 Å². The van der Waals surface area contributed by atoms with Crippen LogP contribution in [-0.4, -0.2) is 22.8 Å². The Morgan fingerprint density at radius 2 is 2.43 bits per heavy atom. The van der Waals surface area contributed by atoms with Gasteiger partial charge < -0.3 is 4.74 Å². The minimum absolute atomic E-state index is 0. The normalized spacial score (nSPS) is 11.4. The molecule has 1 heterocycles. The fourth-order valence-corrected chi connectivity index (χ4v) is 0.856. The number of carbonyl (C=O) groups is 1. The number of nitrogens with zero attached hydrogens (tertiary/aromatic N) is 1. The zero-order valence-electron chi connectivity index (χ0n) is 7.80. The smallest absolute Gasteiger partial charge is 0.358 e. The van der Waals surface area contributed by atoms with Crippen molar-refractivity contribution in [1.82, 2.24) is 10.2 Å². The first-order valence-electron chi connectivity index (χ1n) is 4.06. The van der Waals surface area contributed by atoms with Crippen molar-refractivity contribution in [3.8, 4) is 0 Å². The Balaban J connectivity index is 0.00000196. The molecule has 0 spiro atoms.